The molecular formula is C23H23NO4. The second-order valence-electron chi connectivity index (χ2n) is 6.19. The standard InChI is InChI=1S/C23H23NO4/c1-4-27-21-14-7-17(15-22(21)26-3)23(25)24-18-8-12-20(13-9-18)28-19-10-5-16(2)6-11-19/h5-15H,4H2,1-3H3,(H,24,25). The minimum absolute atomic E-state index is 0.228. The van der Waals surface area contributed by atoms with Crippen LogP contribution in [0.15, 0.2) is 66.7 Å². The van der Waals surface area contributed by atoms with Crippen molar-refractivity contribution < 1.29 is 19.0 Å². The van der Waals surface area contributed by atoms with Crippen molar-refractivity contribution in [3.63, 3.8) is 0 Å². The van der Waals surface area contributed by atoms with Gasteiger partial charge in [0, 0.05) is 11.3 Å². The van der Waals surface area contributed by atoms with Crippen molar-refractivity contribution in [2.75, 3.05) is 19.0 Å². The van der Waals surface area contributed by atoms with Crippen LogP contribution in [0.4, 0.5) is 5.69 Å². The molecule has 0 saturated carbocycles. The lowest BCUT2D eigenvalue weighted by atomic mass is 10.2. The predicted molar refractivity (Wildman–Crippen MR) is 110 cm³/mol. The lowest BCUT2D eigenvalue weighted by Gasteiger charge is -2.11. The Kier molecular flexibility index (Phi) is 6.17. The van der Waals surface area contributed by atoms with Crippen LogP contribution in [0.3, 0.4) is 0 Å². The zero-order valence-electron chi connectivity index (χ0n) is 16.2. The fraction of sp³-hybridized carbons (Fsp3) is 0.174. The van der Waals surface area contributed by atoms with Gasteiger partial charge in [0.2, 0.25) is 0 Å². The molecule has 0 heterocycles. The van der Waals surface area contributed by atoms with Gasteiger partial charge in [-0.05, 0) is 68.4 Å². The Morgan fingerprint density at radius 1 is 0.893 bits per heavy atom. The molecular weight excluding hydrogens is 354 g/mol. The predicted octanol–water partition coefficient (Wildman–Crippen LogP) is 5.45. The Morgan fingerprint density at radius 2 is 1.54 bits per heavy atom. The number of aryl methyl sites for hydroxylation is 1. The third-order valence-electron chi connectivity index (χ3n) is 4.09. The molecule has 0 aromatic heterocycles. The Bertz CT molecular complexity index is 934. The van der Waals surface area contributed by atoms with Crippen LogP contribution in [-0.2, 0) is 0 Å². The van der Waals surface area contributed by atoms with Crippen LogP contribution in [0.25, 0.3) is 0 Å². The summed E-state index contributed by atoms with van der Waals surface area (Å²) in [4.78, 5) is 12.5. The van der Waals surface area contributed by atoms with Crippen LogP contribution >= 0.6 is 0 Å². The fourth-order valence-corrected chi connectivity index (χ4v) is 2.64. The number of methoxy groups -OCH3 is 1. The minimum atomic E-state index is -0.228. The summed E-state index contributed by atoms with van der Waals surface area (Å²) in [6, 6.07) is 20.2. The van der Waals surface area contributed by atoms with Crippen LogP contribution in [-0.4, -0.2) is 19.6 Å². The first kappa shape index (κ1) is 19.3. The SMILES string of the molecule is CCOc1ccc(C(=O)Nc2ccc(Oc3ccc(C)cc3)cc2)cc1OC. The number of anilines is 1. The number of amides is 1. The molecule has 0 bridgehead atoms. The second-order valence-corrected chi connectivity index (χ2v) is 6.19. The van der Waals surface area contributed by atoms with Gasteiger partial charge in [0.05, 0.1) is 13.7 Å². The molecule has 1 amide bonds. The maximum Gasteiger partial charge on any atom is 0.255 e. The van der Waals surface area contributed by atoms with E-state index in [1.54, 1.807) is 37.4 Å². The van der Waals surface area contributed by atoms with Gasteiger partial charge in [-0.2, -0.15) is 0 Å². The molecule has 0 atom stereocenters. The Morgan fingerprint density at radius 3 is 2.14 bits per heavy atom. The summed E-state index contributed by atoms with van der Waals surface area (Å²) in [5.74, 6) is 2.37. The normalized spacial score (nSPS) is 10.2. The van der Waals surface area contributed by atoms with E-state index in [0.29, 0.717) is 35.1 Å². The number of carbonyl (C=O) groups is 1. The molecule has 0 spiro atoms. The maximum absolute atomic E-state index is 12.5. The lowest BCUT2D eigenvalue weighted by Crippen LogP contribution is -2.12. The number of benzene rings is 3. The number of ether oxygens (including phenoxy) is 3. The highest BCUT2D eigenvalue weighted by molar-refractivity contribution is 6.04. The molecule has 0 aliphatic carbocycles. The van der Waals surface area contributed by atoms with Crippen molar-refractivity contribution in [3.05, 3.63) is 77.9 Å². The second kappa shape index (κ2) is 8.95. The van der Waals surface area contributed by atoms with E-state index in [0.717, 1.165) is 5.75 Å². The molecule has 0 fully saturated rings. The third-order valence-corrected chi connectivity index (χ3v) is 4.09. The molecule has 3 aromatic rings. The van der Waals surface area contributed by atoms with E-state index in [9.17, 15) is 4.79 Å². The van der Waals surface area contributed by atoms with Gasteiger partial charge in [0.1, 0.15) is 11.5 Å². The molecule has 5 heteroatoms. The number of rotatable bonds is 7. The van der Waals surface area contributed by atoms with Gasteiger partial charge in [-0.3, -0.25) is 4.79 Å². The van der Waals surface area contributed by atoms with Crippen LogP contribution in [0.1, 0.15) is 22.8 Å². The number of hydrogen-bond donors (Lipinski definition) is 1. The molecule has 3 rings (SSSR count). The van der Waals surface area contributed by atoms with Gasteiger partial charge in [-0.1, -0.05) is 17.7 Å². The van der Waals surface area contributed by atoms with Crippen molar-refractivity contribution in [2.45, 2.75) is 13.8 Å². The first-order chi connectivity index (χ1) is 13.6. The highest BCUT2D eigenvalue weighted by atomic mass is 16.5. The van der Waals surface area contributed by atoms with Crippen LogP contribution < -0.4 is 19.5 Å². The number of nitrogens with one attached hydrogen (secondary N) is 1. The van der Waals surface area contributed by atoms with Crippen LogP contribution in [0.2, 0.25) is 0 Å². The van der Waals surface area contributed by atoms with Crippen molar-refractivity contribution in [3.8, 4) is 23.0 Å². The fourth-order valence-electron chi connectivity index (χ4n) is 2.64. The summed E-state index contributed by atoms with van der Waals surface area (Å²) in [7, 11) is 1.55. The summed E-state index contributed by atoms with van der Waals surface area (Å²) >= 11 is 0. The topological polar surface area (TPSA) is 56.8 Å². The Hall–Kier alpha value is -3.47. The molecule has 0 saturated heterocycles. The smallest absolute Gasteiger partial charge is 0.255 e. The minimum Gasteiger partial charge on any atom is -0.493 e. The largest absolute Gasteiger partial charge is 0.493 e. The van der Waals surface area contributed by atoms with Crippen LogP contribution in [0.5, 0.6) is 23.0 Å². The van der Waals surface area contributed by atoms with Gasteiger partial charge in [0.15, 0.2) is 11.5 Å². The molecule has 0 aliphatic rings. The van der Waals surface area contributed by atoms with E-state index < -0.39 is 0 Å². The molecule has 0 radical (unpaired) electrons. The summed E-state index contributed by atoms with van der Waals surface area (Å²) in [6.45, 7) is 4.45. The summed E-state index contributed by atoms with van der Waals surface area (Å²) in [5.41, 5.74) is 2.34. The molecule has 3 aromatic carbocycles. The molecule has 0 unspecified atom stereocenters. The van der Waals surface area contributed by atoms with Gasteiger partial charge in [-0.25, -0.2) is 0 Å². The number of hydrogen-bond acceptors (Lipinski definition) is 4. The van der Waals surface area contributed by atoms with E-state index in [1.165, 1.54) is 5.56 Å². The first-order valence-electron chi connectivity index (χ1n) is 9.06. The molecule has 5 nitrogen and oxygen atoms in total. The van der Waals surface area contributed by atoms with Gasteiger partial charge in [-0.15, -0.1) is 0 Å². The van der Waals surface area contributed by atoms with E-state index in [1.807, 2.05) is 50.2 Å². The quantitative estimate of drug-likeness (QED) is 0.595. The van der Waals surface area contributed by atoms with E-state index in [-0.39, 0.29) is 5.91 Å². The van der Waals surface area contributed by atoms with Gasteiger partial charge >= 0.3 is 0 Å². The summed E-state index contributed by atoms with van der Waals surface area (Å²) in [5, 5.41) is 2.87. The monoisotopic (exact) mass is 377 g/mol. The zero-order chi connectivity index (χ0) is 19.9. The lowest BCUT2D eigenvalue weighted by molar-refractivity contribution is 0.102. The van der Waals surface area contributed by atoms with Crippen molar-refractivity contribution in [1.29, 1.82) is 0 Å². The Labute approximate surface area is 164 Å². The van der Waals surface area contributed by atoms with E-state index in [2.05, 4.69) is 5.32 Å². The van der Waals surface area contributed by atoms with Crippen molar-refractivity contribution in [2.24, 2.45) is 0 Å². The number of carbonyl (C=O) groups excluding carboxylic acids is 1. The molecule has 144 valence electrons. The summed E-state index contributed by atoms with van der Waals surface area (Å²) in [6.07, 6.45) is 0. The van der Waals surface area contributed by atoms with Gasteiger partial charge < -0.3 is 19.5 Å². The van der Waals surface area contributed by atoms with E-state index in [4.69, 9.17) is 14.2 Å². The maximum atomic E-state index is 12.5. The summed E-state index contributed by atoms with van der Waals surface area (Å²) < 4.78 is 16.6. The highest BCUT2D eigenvalue weighted by Gasteiger charge is 2.11. The molecule has 0 aliphatic heterocycles. The van der Waals surface area contributed by atoms with Crippen LogP contribution in [0, 0.1) is 6.92 Å². The van der Waals surface area contributed by atoms with Crippen molar-refractivity contribution >= 4 is 11.6 Å². The average molecular weight is 377 g/mol. The average Bonchev–Trinajstić information content (AvgIpc) is 2.71. The third kappa shape index (κ3) is 4.82. The van der Waals surface area contributed by atoms with E-state index >= 15 is 0 Å². The van der Waals surface area contributed by atoms with Gasteiger partial charge in [0.25, 0.3) is 5.91 Å². The molecule has 28 heavy (non-hydrogen) atoms. The Balaban J connectivity index is 1.66. The van der Waals surface area contributed by atoms with Crippen molar-refractivity contribution in [1.82, 2.24) is 0 Å². The highest BCUT2D eigenvalue weighted by Crippen LogP contribution is 2.29. The molecule has 1 N–H and O–H groups in total. The zero-order valence-corrected chi connectivity index (χ0v) is 16.2. The first-order valence-corrected chi connectivity index (χ1v) is 9.06.